The highest BCUT2D eigenvalue weighted by Crippen LogP contribution is 2.52. The van der Waals surface area contributed by atoms with E-state index in [1.54, 1.807) is 0 Å². The molecule has 3 aliphatic rings. The van der Waals surface area contributed by atoms with E-state index in [9.17, 15) is 0 Å². The predicted molar refractivity (Wildman–Crippen MR) is 99.6 cm³/mol. The molecule has 0 bridgehead atoms. The molecule has 0 aliphatic carbocycles. The molecule has 0 saturated carbocycles. The van der Waals surface area contributed by atoms with E-state index in [2.05, 4.69) is 55.7 Å². The summed E-state index contributed by atoms with van der Waals surface area (Å²) in [4.78, 5) is 2.44. The van der Waals surface area contributed by atoms with Crippen LogP contribution in [-0.2, 0) is 4.74 Å². The Bertz CT molecular complexity index is 695. The van der Waals surface area contributed by atoms with Gasteiger partial charge in [-0.25, -0.2) is 0 Å². The van der Waals surface area contributed by atoms with E-state index < -0.39 is 0 Å². The lowest BCUT2D eigenvalue weighted by Gasteiger charge is -2.50. The molecule has 3 aliphatic heterocycles. The number of likely N-dealkylation sites (tertiary alicyclic amines) is 1. The van der Waals surface area contributed by atoms with Gasteiger partial charge in [-0.2, -0.15) is 0 Å². The van der Waals surface area contributed by atoms with Crippen LogP contribution in [0.4, 0.5) is 0 Å². The Morgan fingerprint density at radius 2 is 1.92 bits per heavy atom. The van der Waals surface area contributed by atoms with Crippen molar-refractivity contribution < 1.29 is 9.47 Å². The van der Waals surface area contributed by atoms with Gasteiger partial charge < -0.3 is 9.47 Å². The molecule has 0 N–H and O–H groups in total. The summed E-state index contributed by atoms with van der Waals surface area (Å²) in [6.45, 7) is 9.78. The zero-order valence-corrected chi connectivity index (χ0v) is 15.7. The number of benzene rings is 1. The fraction of sp³-hybridized carbons (Fsp3) is 0.636. The summed E-state index contributed by atoms with van der Waals surface area (Å²) in [7, 11) is 0. The number of hydrogen-bond acceptors (Lipinski definition) is 3. The first-order valence-corrected chi connectivity index (χ1v) is 9.65. The molecule has 134 valence electrons. The molecule has 3 nitrogen and oxygen atoms in total. The average molecular weight is 339 g/mol. The molecule has 0 unspecified atom stereocenters. The van der Waals surface area contributed by atoms with Gasteiger partial charge in [0.15, 0.2) is 0 Å². The minimum Gasteiger partial charge on any atom is -0.487 e. The van der Waals surface area contributed by atoms with E-state index in [1.165, 1.54) is 31.5 Å². The van der Waals surface area contributed by atoms with Crippen LogP contribution in [0.2, 0.25) is 0 Å². The number of para-hydroxylation sites is 1. The molecule has 4 rings (SSSR count). The van der Waals surface area contributed by atoms with Crippen molar-refractivity contribution in [1.82, 2.24) is 4.90 Å². The molecule has 25 heavy (non-hydrogen) atoms. The van der Waals surface area contributed by atoms with E-state index in [4.69, 9.17) is 9.47 Å². The molecular formula is C22H29NO2. The third-order valence-electron chi connectivity index (χ3n) is 6.03. The van der Waals surface area contributed by atoms with Crippen molar-refractivity contribution >= 4 is 0 Å². The van der Waals surface area contributed by atoms with Crippen molar-refractivity contribution in [2.24, 2.45) is 5.92 Å². The van der Waals surface area contributed by atoms with Crippen LogP contribution >= 0.6 is 0 Å². The first kappa shape index (κ1) is 16.9. The molecule has 1 aromatic rings. The second-order valence-electron chi connectivity index (χ2n) is 8.44. The van der Waals surface area contributed by atoms with Crippen molar-refractivity contribution in [3.63, 3.8) is 0 Å². The topological polar surface area (TPSA) is 21.7 Å². The molecular weight excluding hydrogens is 310 g/mol. The van der Waals surface area contributed by atoms with Crippen LogP contribution in [0.25, 0.3) is 0 Å². The summed E-state index contributed by atoms with van der Waals surface area (Å²) in [5.41, 5.74) is 0.615. The molecule has 3 heterocycles. The quantitative estimate of drug-likeness (QED) is 0.716. The third-order valence-corrected chi connectivity index (χ3v) is 6.03. The number of ether oxygens (including phenoxy) is 2. The van der Waals surface area contributed by atoms with E-state index >= 15 is 0 Å². The Hall–Kier alpha value is -1.50. The average Bonchev–Trinajstić information content (AvgIpc) is 3.07. The van der Waals surface area contributed by atoms with E-state index in [0.29, 0.717) is 5.92 Å². The van der Waals surface area contributed by atoms with E-state index in [-0.39, 0.29) is 17.3 Å². The molecule has 3 heteroatoms. The molecule has 0 spiro atoms. The lowest BCUT2D eigenvalue weighted by molar-refractivity contribution is -0.169. The highest BCUT2D eigenvalue weighted by molar-refractivity contribution is 5.39. The van der Waals surface area contributed by atoms with Gasteiger partial charge in [0.25, 0.3) is 0 Å². The van der Waals surface area contributed by atoms with Gasteiger partial charge in [-0.05, 0) is 65.6 Å². The first-order valence-electron chi connectivity index (χ1n) is 9.65. The zero-order chi connectivity index (χ0) is 17.5. The molecule has 1 aromatic carbocycles. The summed E-state index contributed by atoms with van der Waals surface area (Å²) >= 11 is 0. The molecule has 2 saturated heterocycles. The van der Waals surface area contributed by atoms with E-state index in [0.717, 1.165) is 25.1 Å². The van der Waals surface area contributed by atoms with Crippen molar-refractivity contribution in [2.45, 2.75) is 63.8 Å². The number of hydrogen-bond donors (Lipinski definition) is 0. The van der Waals surface area contributed by atoms with Crippen LogP contribution in [0, 0.1) is 17.8 Å². The number of rotatable bonds is 1. The van der Waals surface area contributed by atoms with Crippen LogP contribution < -0.4 is 4.74 Å². The highest BCUT2D eigenvalue weighted by atomic mass is 16.5. The van der Waals surface area contributed by atoms with Crippen molar-refractivity contribution in [3.8, 4) is 17.6 Å². The fourth-order valence-corrected chi connectivity index (χ4v) is 4.53. The number of nitrogens with zero attached hydrogens (tertiary/aromatic N) is 1. The van der Waals surface area contributed by atoms with Crippen LogP contribution in [0.1, 0.15) is 58.1 Å². The number of fused-ring (bicyclic) bond motifs is 3. The minimum atomic E-state index is -0.360. The smallest absolute Gasteiger partial charge is 0.126 e. The first-order chi connectivity index (χ1) is 12.0. The standard InChI is InChI=1S/C22H29NO2/c1-21(2)18-11-13-22(3,12-8-16-23-14-6-7-15-23)25-20(18)17-9-4-5-10-19(17)24-21/h4-5,9-10,18,20H,6-7,11,13-16H2,1-3H3/t18-,20-,22-/m0/s1. The van der Waals surface area contributed by atoms with E-state index in [1.807, 2.05) is 6.07 Å². The SMILES string of the molecule is CC1(C)Oc2ccccc2[C@@H]2O[C@@](C)(C#CCN3CCCC3)CC[C@@H]21. The summed E-state index contributed by atoms with van der Waals surface area (Å²) < 4.78 is 12.9. The van der Waals surface area contributed by atoms with Crippen molar-refractivity contribution in [3.05, 3.63) is 29.8 Å². The van der Waals surface area contributed by atoms with Crippen molar-refractivity contribution in [1.29, 1.82) is 0 Å². The zero-order valence-electron chi connectivity index (χ0n) is 15.7. The predicted octanol–water partition coefficient (Wildman–Crippen LogP) is 4.18. The molecule has 0 aromatic heterocycles. The Kier molecular flexibility index (Phi) is 4.30. The summed E-state index contributed by atoms with van der Waals surface area (Å²) in [5.74, 6) is 8.19. The van der Waals surface area contributed by atoms with Gasteiger partial charge in [0.2, 0.25) is 0 Å². The second kappa shape index (κ2) is 6.34. The van der Waals surface area contributed by atoms with Gasteiger partial charge in [-0.15, -0.1) is 0 Å². The molecule has 3 atom stereocenters. The Morgan fingerprint density at radius 1 is 1.16 bits per heavy atom. The maximum atomic E-state index is 6.63. The van der Waals surface area contributed by atoms with Crippen LogP contribution in [0.15, 0.2) is 24.3 Å². The lowest BCUT2D eigenvalue weighted by atomic mass is 9.73. The minimum absolute atomic E-state index is 0.0692. The van der Waals surface area contributed by atoms with Crippen LogP contribution in [0.5, 0.6) is 5.75 Å². The Balaban J connectivity index is 1.55. The van der Waals surface area contributed by atoms with Crippen LogP contribution in [-0.4, -0.2) is 35.7 Å². The van der Waals surface area contributed by atoms with Gasteiger partial charge in [-0.1, -0.05) is 30.0 Å². The largest absolute Gasteiger partial charge is 0.487 e. The fourth-order valence-electron chi connectivity index (χ4n) is 4.53. The molecule has 0 amide bonds. The Labute approximate surface area is 151 Å². The van der Waals surface area contributed by atoms with Gasteiger partial charge in [0.1, 0.15) is 17.0 Å². The van der Waals surface area contributed by atoms with Crippen LogP contribution in [0.3, 0.4) is 0 Å². The van der Waals surface area contributed by atoms with Gasteiger partial charge >= 0.3 is 0 Å². The van der Waals surface area contributed by atoms with Gasteiger partial charge in [0.05, 0.1) is 12.6 Å². The molecule has 0 radical (unpaired) electrons. The summed E-state index contributed by atoms with van der Waals surface area (Å²) in [6.07, 6.45) is 4.74. The van der Waals surface area contributed by atoms with Gasteiger partial charge in [0, 0.05) is 11.5 Å². The monoisotopic (exact) mass is 339 g/mol. The van der Waals surface area contributed by atoms with Gasteiger partial charge in [-0.3, -0.25) is 4.90 Å². The summed E-state index contributed by atoms with van der Waals surface area (Å²) in [5, 5.41) is 0. The maximum absolute atomic E-state index is 6.63. The van der Waals surface area contributed by atoms with Crippen molar-refractivity contribution in [2.75, 3.05) is 19.6 Å². The molecule has 2 fully saturated rings. The highest BCUT2D eigenvalue weighted by Gasteiger charge is 2.49. The third kappa shape index (κ3) is 3.30. The Morgan fingerprint density at radius 3 is 2.72 bits per heavy atom. The normalized spacial score (nSPS) is 33.6. The lowest BCUT2D eigenvalue weighted by Crippen LogP contribution is -2.50. The maximum Gasteiger partial charge on any atom is 0.126 e. The summed E-state index contributed by atoms with van der Waals surface area (Å²) in [6, 6.07) is 8.31. The second-order valence-corrected chi connectivity index (χ2v) is 8.44.